The number of hydrogen-bond acceptors (Lipinski definition) is 4. The molecule has 0 aliphatic heterocycles. The van der Waals surface area contributed by atoms with Gasteiger partial charge in [-0.05, 0) is 54.1 Å². The highest BCUT2D eigenvalue weighted by Gasteiger charge is 2.32. The van der Waals surface area contributed by atoms with Gasteiger partial charge in [0.15, 0.2) is 0 Å². The number of nitrogens with zero attached hydrogens (tertiary/aromatic N) is 1. The first-order valence-electron chi connectivity index (χ1n) is 9.52. The number of benzene rings is 2. The molecule has 0 radical (unpaired) electrons. The molecular weight excluding hydrogens is 449 g/mol. The average molecular weight is 476 g/mol. The van der Waals surface area contributed by atoms with Gasteiger partial charge in [-0.3, -0.25) is 0 Å². The number of aliphatic hydroxyl groups excluding tert-OH is 1. The quantitative estimate of drug-likeness (QED) is 0.412. The molecule has 29 heavy (non-hydrogen) atoms. The van der Waals surface area contributed by atoms with Crippen LogP contribution in [0.15, 0.2) is 41.3 Å². The van der Waals surface area contributed by atoms with Crippen molar-refractivity contribution in [1.82, 2.24) is 0 Å². The van der Waals surface area contributed by atoms with Gasteiger partial charge in [0.1, 0.15) is 0 Å². The van der Waals surface area contributed by atoms with E-state index in [0.29, 0.717) is 21.3 Å². The van der Waals surface area contributed by atoms with E-state index in [4.69, 9.17) is 23.2 Å². The first kappa shape index (κ1) is 24.4. The first-order chi connectivity index (χ1) is 13.6. The van der Waals surface area contributed by atoms with Crippen LogP contribution in [0.1, 0.15) is 57.6 Å². The largest absolute Gasteiger partial charge is 0.392 e. The maximum absolute atomic E-state index is 13.9. The summed E-state index contributed by atoms with van der Waals surface area (Å²) in [6, 6.07) is 9.86. The van der Waals surface area contributed by atoms with Gasteiger partial charge in [-0.2, -0.15) is 0 Å². The van der Waals surface area contributed by atoms with E-state index in [-0.39, 0.29) is 22.7 Å². The molecule has 1 atom stereocenters. The van der Waals surface area contributed by atoms with Gasteiger partial charge in [0.05, 0.1) is 17.2 Å². The van der Waals surface area contributed by atoms with E-state index in [1.165, 1.54) is 9.78 Å². The minimum absolute atomic E-state index is 0.0222. The second-order valence-corrected chi connectivity index (χ2v) is 11.6. The van der Waals surface area contributed by atoms with Crippen molar-refractivity contribution in [3.05, 3.63) is 57.6 Å². The highest BCUT2D eigenvalue weighted by atomic mass is 35.5. The van der Waals surface area contributed by atoms with E-state index >= 15 is 0 Å². The summed E-state index contributed by atoms with van der Waals surface area (Å²) in [7, 11) is -3.97. The minimum atomic E-state index is -3.97. The van der Waals surface area contributed by atoms with Gasteiger partial charge in [-0.1, -0.05) is 69.5 Å². The Morgan fingerprint density at radius 1 is 1.07 bits per heavy atom. The number of rotatable bonds is 9. The molecule has 0 aromatic heterocycles. The lowest BCUT2D eigenvalue weighted by atomic mass is 9.97. The van der Waals surface area contributed by atoms with Gasteiger partial charge in [0, 0.05) is 20.9 Å². The van der Waals surface area contributed by atoms with Crippen molar-refractivity contribution in [1.29, 1.82) is 0 Å². The summed E-state index contributed by atoms with van der Waals surface area (Å²) in [5, 5.41) is 10.5. The number of aliphatic hydroxyl groups is 1. The van der Waals surface area contributed by atoms with Crippen LogP contribution in [-0.4, -0.2) is 18.8 Å². The molecule has 0 saturated heterocycles. The van der Waals surface area contributed by atoms with Crippen molar-refractivity contribution in [3.63, 3.8) is 0 Å². The van der Waals surface area contributed by atoms with Crippen molar-refractivity contribution >= 4 is 50.9 Å². The van der Waals surface area contributed by atoms with Crippen molar-refractivity contribution in [2.45, 2.75) is 63.2 Å². The van der Waals surface area contributed by atoms with Crippen molar-refractivity contribution < 1.29 is 13.5 Å². The van der Waals surface area contributed by atoms with Crippen molar-refractivity contribution in [2.24, 2.45) is 0 Å². The van der Waals surface area contributed by atoms with Crippen LogP contribution in [0.2, 0.25) is 10.0 Å². The average Bonchev–Trinajstić information content (AvgIpc) is 2.66. The molecule has 0 amide bonds. The SMILES string of the molecule is CCC[C@@H](C)c1ccc(Cl)cc1S(=O)(=O)N(SC(C)C)c1cc(Cl)ccc1CO. The number of anilines is 1. The van der Waals surface area contributed by atoms with Crippen LogP contribution in [0.5, 0.6) is 0 Å². The Labute approximate surface area is 188 Å². The Kier molecular flexibility index (Phi) is 8.73. The van der Waals surface area contributed by atoms with Gasteiger partial charge in [-0.15, -0.1) is 0 Å². The van der Waals surface area contributed by atoms with Crippen LogP contribution >= 0.6 is 35.1 Å². The van der Waals surface area contributed by atoms with Gasteiger partial charge < -0.3 is 5.11 Å². The number of halogens is 2. The highest BCUT2D eigenvalue weighted by molar-refractivity contribution is 8.14. The maximum Gasteiger partial charge on any atom is 0.274 e. The van der Waals surface area contributed by atoms with Gasteiger partial charge in [0.25, 0.3) is 10.0 Å². The third kappa shape index (κ3) is 5.82. The molecule has 2 aromatic carbocycles. The standard InChI is InChI=1S/C21H27Cl2NO3S2/c1-5-6-15(4)19-10-9-18(23)12-21(19)29(26,27)24(28-14(2)3)20-11-17(22)8-7-16(20)13-25/h7-12,14-15,25H,5-6,13H2,1-4H3/t15-/m1/s1. The zero-order valence-electron chi connectivity index (χ0n) is 17.0. The summed E-state index contributed by atoms with van der Waals surface area (Å²) in [4.78, 5) is 0.183. The number of sulfonamides is 1. The summed E-state index contributed by atoms with van der Waals surface area (Å²) >= 11 is 13.5. The molecule has 0 heterocycles. The Hall–Kier alpha value is -0.920. The molecule has 0 aliphatic rings. The summed E-state index contributed by atoms with van der Waals surface area (Å²) < 4.78 is 29.0. The van der Waals surface area contributed by atoms with Gasteiger partial charge in [-0.25, -0.2) is 12.1 Å². The first-order valence-corrected chi connectivity index (χ1v) is 12.6. The lowest BCUT2D eigenvalue weighted by molar-refractivity contribution is 0.282. The molecule has 0 saturated carbocycles. The minimum Gasteiger partial charge on any atom is -0.392 e. The molecule has 8 heteroatoms. The molecule has 0 unspecified atom stereocenters. The van der Waals surface area contributed by atoms with Crippen LogP contribution in [0, 0.1) is 0 Å². The zero-order valence-corrected chi connectivity index (χ0v) is 20.2. The second kappa shape index (κ2) is 10.4. The predicted molar refractivity (Wildman–Crippen MR) is 125 cm³/mol. The monoisotopic (exact) mass is 475 g/mol. The van der Waals surface area contributed by atoms with Crippen molar-refractivity contribution in [3.8, 4) is 0 Å². The fourth-order valence-corrected chi connectivity index (χ4v) is 6.82. The molecule has 0 aliphatic carbocycles. The molecule has 1 N–H and O–H groups in total. The Morgan fingerprint density at radius 2 is 1.69 bits per heavy atom. The third-order valence-corrected chi connectivity index (χ3v) is 8.11. The summed E-state index contributed by atoms with van der Waals surface area (Å²) in [6.07, 6.45) is 1.80. The lowest BCUT2D eigenvalue weighted by Crippen LogP contribution is -2.28. The van der Waals surface area contributed by atoms with Crippen LogP contribution in [-0.2, 0) is 16.6 Å². The van der Waals surface area contributed by atoms with Crippen LogP contribution < -0.4 is 3.71 Å². The number of hydrogen-bond donors (Lipinski definition) is 1. The Balaban J connectivity index is 2.72. The van der Waals surface area contributed by atoms with E-state index < -0.39 is 10.0 Å². The normalized spacial score (nSPS) is 13.0. The molecular formula is C21H27Cl2NO3S2. The summed E-state index contributed by atoms with van der Waals surface area (Å²) in [6.45, 7) is 7.61. The van der Waals surface area contributed by atoms with Crippen LogP contribution in [0.25, 0.3) is 0 Å². The third-order valence-electron chi connectivity index (χ3n) is 4.45. The molecule has 2 aromatic rings. The van der Waals surface area contributed by atoms with E-state index in [1.54, 1.807) is 30.3 Å². The topological polar surface area (TPSA) is 57.6 Å². The smallest absolute Gasteiger partial charge is 0.274 e. The molecule has 0 bridgehead atoms. The second-order valence-electron chi connectivity index (χ2n) is 7.19. The fourth-order valence-electron chi connectivity index (χ4n) is 3.09. The summed E-state index contributed by atoms with van der Waals surface area (Å²) in [5.74, 6) is 0.0598. The molecule has 160 valence electrons. The fraction of sp³-hybridized carbons (Fsp3) is 0.429. The zero-order chi connectivity index (χ0) is 21.8. The van der Waals surface area contributed by atoms with E-state index in [0.717, 1.165) is 30.4 Å². The van der Waals surface area contributed by atoms with E-state index in [9.17, 15) is 13.5 Å². The predicted octanol–water partition coefficient (Wildman–Crippen LogP) is 6.64. The molecule has 0 spiro atoms. The molecule has 0 fully saturated rings. The summed E-state index contributed by atoms with van der Waals surface area (Å²) in [5.41, 5.74) is 1.57. The van der Waals surface area contributed by atoms with E-state index in [2.05, 4.69) is 6.92 Å². The van der Waals surface area contributed by atoms with Gasteiger partial charge >= 0.3 is 0 Å². The Bertz CT molecular complexity index is 949. The molecule has 4 nitrogen and oxygen atoms in total. The Morgan fingerprint density at radius 3 is 2.28 bits per heavy atom. The maximum atomic E-state index is 13.9. The lowest BCUT2D eigenvalue weighted by Gasteiger charge is -2.28. The van der Waals surface area contributed by atoms with Crippen LogP contribution in [0.3, 0.4) is 0 Å². The van der Waals surface area contributed by atoms with E-state index in [1.807, 2.05) is 20.8 Å². The molecule has 2 rings (SSSR count). The van der Waals surface area contributed by atoms with Crippen LogP contribution in [0.4, 0.5) is 5.69 Å². The highest BCUT2D eigenvalue weighted by Crippen LogP contribution is 2.39. The van der Waals surface area contributed by atoms with Crippen molar-refractivity contribution in [2.75, 3.05) is 3.71 Å². The van der Waals surface area contributed by atoms with Gasteiger partial charge in [0.2, 0.25) is 0 Å².